The highest BCUT2D eigenvalue weighted by molar-refractivity contribution is 5.64. The fraction of sp³-hybridized carbons (Fsp3) is 0.600. The molecule has 2 atom stereocenters. The summed E-state index contributed by atoms with van der Waals surface area (Å²) in [7, 11) is 0. The first kappa shape index (κ1) is 10.2. The summed E-state index contributed by atoms with van der Waals surface area (Å²) in [5.41, 5.74) is 6.22. The summed E-state index contributed by atoms with van der Waals surface area (Å²) < 4.78 is 0. The van der Waals surface area contributed by atoms with Crippen LogP contribution in [0.2, 0.25) is 0 Å². The fourth-order valence-corrected chi connectivity index (χ4v) is 3.54. The largest absolute Gasteiger partial charge is 0.371 e. The van der Waals surface area contributed by atoms with Crippen LogP contribution in [0.25, 0.3) is 0 Å². The summed E-state index contributed by atoms with van der Waals surface area (Å²) in [4.78, 5) is 2.63. The molecule has 3 rings (SSSR count). The van der Waals surface area contributed by atoms with Crippen LogP contribution in [0.3, 0.4) is 0 Å². The molecule has 0 bridgehead atoms. The van der Waals surface area contributed by atoms with Crippen molar-refractivity contribution in [2.24, 2.45) is 11.8 Å². The Labute approximate surface area is 98.5 Å². The van der Waals surface area contributed by atoms with Gasteiger partial charge in [-0.15, -0.1) is 0 Å². The molecule has 0 aromatic heterocycles. The first-order valence-corrected chi connectivity index (χ1v) is 6.51. The molecule has 1 aromatic carbocycles. The molecule has 0 saturated heterocycles. The standard InChI is InChI=1S/C15H21N/c1-10-4-13-6-11(2)8-16-9-12(3)7-14(5-10)15(13)16/h4-5,11-12H,6-9H2,1-3H3. The number of benzene rings is 1. The summed E-state index contributed by atoms with van der Waals surface area (Å²) in [6.45, 7) is 9.51. The zero-order chi connectivity index (χ0) is 11.3. The van der Waals surface area contributed by atoms with Crippen molar-refractivity contribution in [2.75, 3.05) is 18.0 Å². The van der Waals surface area contributed by atoms with E-state index in [0.717, 1.165) is 11.8 Å². The lowest BCUT2D eigenvalue weighted by Gasteiger charge is -2.42. The Kier molecular flexibility index (Phi) is 2.24. The van der Waals surface area contributed by atoms with Crippen LogP contribution in [0, 0.1) is 18.8 Å². The maximum absolute atomic E-state index is 2.63. The number of anilines is 1. The molecule has 0 aliphatic carbocycles. The van der Waals surface area contributed by atoms with Crippen LogP contribution in [0.5, 0.6) is 0 Å². The molecule has 0 saturated carbocycles. The van der Waals surface area contributed by atoms with E-state index in [0.29, 0.717) is 0 Å². The number of aryl methyl sites for hydroxylation is 1. The van der Waals surface area contributed by atoms with E-state index in [1.807, 2.05) is 0 Å². The predicted octanol–water partition coefficient (Wildman–Crippen LogP) is 3.19. The van der Waals surface area contributed by atoms with Crippen LogP contribution in [0.15, 0.2) is 12.1 Å². The van der Waals surface area contributed by atoms with Gasteiger partial charge in [-0.3, -0.25) is 0 Å². The van der Waals surface area contributed by atoms with Crippen LogP contribution in [-0.2, 0) is 12.8 Å². The molecule has 0 spiro atoms. The van der Waals surface area contributed by atoms with E-state index in [4.69, 9.17) is 0 Å². The van der Waals surface area contributed by atoms with E-state index in [1.54, 1.807) is 16.8 Å². The minimum atomic E-state index is 0.812. The summed E-state index contributed by atoms with van der Waals surface area (Å²) in [6.07, 6.45) is 2.55. The zero-order valence-electron chi connectivity index (χ0n) is 10.6. The van der Waals surface area contributed by atoms with Gasteiger partial charge in [0.25, 0.3) is 0 Å². The maximum atomic E-state index is 2.63. The summed E-state index contributed by atoms with van der Waals surface area (Å²) in [5.74, 6) is 1.62. The molecule has 2 heterocycles. The summed E-state index contributed by atoms with van der Waals surface area (Å²) in [6, 6.07) is 4.80. The lowest BCUT2D eigenvalue weighted by atomic mass is 9.84. The maximum Gasteiger partial charge on any atom is 0.0431 e. The monoisotopic (exact) mass is 215 g/mol. The summed E-state index contributed by atoms with van der Waals surface area (Å²) >= 11 is 0. The Morgan fingerprint density at radius 3 is 2.00 bits per heavy atom. The predicted molar refractivity (Wildman–Crippen MR) is 69.1 cm³/mol. The lowest BCUT2D eigenvalue weighted by molar-refractivity contribution is 0.462. The summed E-state index contributed by atoms with van der Waals surface area (Å²) in [5, 5.41) is 0. The molecule has 2 aliphatic heterocycles. The second-order valence-electron chi connectivity index (χ2n) is 5.96. The molecule has 0 fully saturated rings. The highest BCUT2D eigenvalue weighted by atomic mass is 15.2. The van der Waals surface area contributed by atoms with Crippen LogP contribution in [-0.4, -0.2) is 13.1 Å². The molecule has 1 aromatic rings. The SMILES string of the molecule is Cc1cc2c3c(c1)CC(C)CN3CC(C)C2. The smallest absolute Gasteiger partial charge is 0.0431 e. The van der Waals surface area contributed by atoms with Crippen molar-refractivity contribution in [1.29, 1.82) is 0 Å². The molecule has 1 heteroatoms. The highest BCUT2D eigenvalue weighted by Crippen LogP contribution is 2.38. The molecule has 0 N–H and O–H groups in total. The van der Waals surface area contributed by atoms with E-state index in [-0.39, 0.29) is 0 Å². The Bertz CT molecular complexity index is 386. The molecule has 1 nitrogen and oxygen atoms in total. The molecule has 0 radical (unpaired) electrons. The van der Waals surface area contributed by atoms with Crippen molar-refractivity contribution in [1.82, 2.24) is 0 Å². The zero-order valence-corrected chi connectivity index (χ0v) is 10.6. The number of nitrogens with zero attached hydrogens (tertiary/aromatic N) is 1. The molecule has 2 aliphatic rings. The lowest BCUT2D eigenvalue weighted by Crippen LogP contribution is -2.41. The van der Waals surface area contributed by atoms with E-state index >= 15 is 0 Å². The topological polar surface area (TPSA) is 3.24 Å². The van der Waals surface area contributed by atoms with E-state index < -0.39 is 0 Å². The average molecular weight is 215 g/mol. The number of hydrogen-bond acceptors (Lipinski definition) is 1. The Hall–Kier alpha value is -0.980. The van der Waals surface area contributed by atoms with Gasteiger partial charge in [0.05, 0.1) is 0 Å². The second-order valence-corrected chi connectivity index (χ2v) is 5.96. The van der Waals surface area contributed by atoms with Crippen LogP contribution in [0.4, 0.5) is 5.69 Å². The normalized spacial score (nSPS) is 27.8. The van der Waals surface area contributed by atoms with Gasteiger partial charge < -0.3 is 4.90 Å². The first-order chi connectivity index (χ1) is 7.63. The van der Waals surface area contributed by atoms with Crippen LogP contribution >= 0.6 is 0 Å². The first-order valence-electron chi connectivity index (χ1n) is 6.51. The van der Waals surface area contributed by atoms with Gasteiger partial charge >= 0.3 is 0 Å². The molecular weight excluding hydrogens is 194 g/mol. The molecule has 0 amide bonds. The molecular formula is C15H21N. The van der Waals surface area contributed by atoms with Gasteiger partial charge in [-0.1, -0.05) is 31.5 Å². The third-order valence-electron chi connectivity index (χ3n) is 3.93. The Morgan fingerprint density at radius 1 is 1.00 bits per heavy atom. The third-order valence-corrected chi connectivity index (χ3v) is 3.93. The van der Waals surface area contributed by atoms with Crippen molar-refractivity contribution in [3.8, 4) is 0 Å². The van der Waals surface area contributed by atoms with Gasteiger partial charge in [0.1, 0.15) is 0 Å². The quantitative estimate of drug-likeness (QED) is 0.642. The van der Waals surface area contributed by atoms with Gasteiger partial charge in [-0.05, 0) is 42.7 Å². The third kappa shape index (κ3) is 1.53. The van der Waals surface area contributed by atoms with Crippen molar-refractivity contribution in [3.05, 3.63) is 28.8 Å². The fourth-order valence-electron chi connectivity index (χ4n) is 3.54. The van der Waals surface area contributed by atoms with Gasteiger partial charge in [0, 0.05) is 18.8 Å². The highest BCUT2D eigenvalue weighted by Gasteiger charge is 2.29. The Morgan fingerprint density at radius 2 is 1.50 bits per heavy atom. The average Bonchev–Trinajstić information content (AvgIpc) is 2.14. The van der Waals surface area contributed by atoms with Crippen molar-refractivity contribution < 1.29 is 0 Å². The van der Waals surface area contributed by atoms with Crippen LogP contribution in [0.1, 0.15) is 30.5 Å². The van der Waals surface area contributed by atoms with E-state index in [1.165, 1.54) is 31.5 Å². The van der Waals surface area contributed by atoms with Crippen molar-refractivity contribution in [2.45, 2.75) is 33.6 Å². The molecule has 2 unspecified atom stereocenters. The minimum Gasteiger partial charge on any atom is -0.371 e. The van der Waals surface area contributed by atoms with Crippen molar-refractivity contribution in [3.63, 3.8) is 0 Å². The number of hydrogen-bond donors (Lipinski definition) is 0. The number of rotatable bonds is 0. The second kappa shape index (κ2) is 3.51. The minimum absolute atomic E-state index is 0.812. The molecule has 16 heavy (non-hydrogen) atoms. The Balaban J connectivity index is 2.15. The van der Waals surface area contributed by atoms with Gasteiger partial charge in [-0.2, -0.15) is 0 Å². The van der Waals surface area contributed by atoms with Gasteiger partial charge in [0.15, 0.2) is 0 Å². The molecule has 86 valence electrons. The van der Waals surface area contributed by atoms with Crippen molar-refractivity contribution >= 4 is 5.69 Å². The van der Waals surface area contributed by atoms with Gasteiger partial charge in [-0.25, -0.2) is 0 Å². The van der Waals surface area contributed by atoms with E-state index in [2.05, 4.69) is 37.8 Å². The van der Waals surface area contributed by atoms with Gasteiger partial charge in [0.2, 0.25) is 0 Å². The van der Waals surface area contributed by atoms with E-state index in [9.17, 15) is 0 Å². The van der Waals surface area contributed by atoms with Crippen LogP contribution < -0.4 is 4.90 Å².